The van der Waals surface area contributed by atoms with Gasteiger partial charge in [-0.25, -0.2) is 0 Å². The lowest BCUT2D eigenvalue weighted by molar-refractivity contribution is 0.0921. The maximum Gasteiger partial charge on any atom is 0.247 e. The molecule has 6 heteroatoms. The molecule has 0 unspecified atom stereocenters. The van der Waals surface area contributed by atoms with E-state index in [2.05, 4.69) is 27.8 Å². The lowest BCUT2D eigenvalue weighted by Gasteiger charge is -2.15. The first-order valence-electron chi connectivity index (χ1n) is 10.5. The number of rotatable bonds is 8. The molecule has 1 aliphatic rings. The summed E-state index contributed by atoms with van der Waals surface area (Å²) in [5.41, 5.74) is 5.24. The van der Waals surface area contributed by atoms with Gasteiger partial charge in [0.25, 0.3) is 0 Å². The van der Waals surface area contributed by atoms with Crippen molar-refractivity contribution < 1.29 is 13.9 Å². The summed E-state index contributed by atoms with van der Waals surface area (Å²) < 4.78 is 13.1. The number of allylic oxidation sites excluding steroid dienone is 2. The van der Waals surface area contributed by atoms with Crippen LogP contribution in [0.2, 0.25) is 0 Å². The number of Topliss-reactive ketones (excluding diaryl/α,β-unsaturated/α-hetero) is 1. The van der Waals surface area contributed by atoms with Crippen LogP contribution in [-0.2, 0) is 6.54 Å². The van der Waals surface area contributed by atoms with Crippen molar-refractivity contribution in [2.75, 3.05) is 6.61 Å². The third-order valence-corrected chi connectivity index (χ3v) is 5.75. The van der Waals surface area contributed by atoms with Crippen LogP contribution in [-0.4, -0.2) is 27.2 Å². The molecular weight excluding hydrogens is 378 g/mol. The molecule has 0 saturated carbocycles. The van der Waals surface area contributed by atoms with Gasteiger partial charge in [0, 0.05) is 29.1 Å². The van der Waals surface area contributed by atoms with Gasteiger partial charge < -0.3 is 13.7 Å². The number of carbonyl (C=O) groups is 1. The normalized spacial score (nSPS) is 13.9. The van der Waals surface area contributed by atoms with Gasteiger partial charge in [0.2, 0.25) is 18.1 Å². The Morgan fingerprint density at radius 1 is 1.20 bits per heavy atom. The van der Waals surface area contributed by atoms with Crippen LogP contribution < -0.4 is 4.74 Å². The molecule has 0 amide bonds. The number of carbonyl (C=O) groups excluding carboxylic acids is 1. The van der Waals surface area contributed by atoms with Crippen molar-refractivity contribution in [2.45, 2.75) is 52.5 Å². The SMILES string of the molecule is Cc1cc(C(=O)COc2ccc(-c3nnco3)cc2)c(C)n1CCC1=CCCCC1. The Bertz CT molecular complexity index is 1030. The fourth-order valence-electron chi connectivity index (χ4n) is 4.03. The second-order valence-electron chi connectivity index (χ2n) is 7.77. The Balaban J connectivity index is 1.37. The Morgan fingerprint density at radius 2 is 2.03 bits per heavy atom. The number of hydrogen-bond donors (Lipinski definition) is 0. The zero-order valence-electron chi connectivity index (χ0n) is 17.6. The van der Waals surface area contributed by atoms with E-state index in [-0.39, 0.29) is 12.4 Å². The van der Waals surface area contributed by atoms with Crippen LogP contribution in [0.4, 0.5) is 0 Å². The summed E-state index contributed by atoms with van der Waals surface area (Å²) in [5.74, 6) is 1.07. The van der Waals surface area contributed by atoms with Crippen molar-refractivity contribution in [3.8, 4) is 17.2 Å². The molecule has 156 valence electrons. The Kier molecular flexibility index (Phi) is 6.12. The molecular formula is C24H27N3O3. The highest BCUT2D eigenvalue weighted by Gasteiger charge is 2.17. The minimum atomic E-state index is -0.00721. The lowest BCUT2D eigenvalue weighted by atomic mass is 9.97. The first-order chi connectivity index (χ1) is 14.6. The van der Waals surface area contributed by atoms with Gasteiger partial charge in [-0.1, -0.05) is 11.6 Å². The van der Waals surface area contributed by atoms with E-state index in [4.69, 9.17) is 9.15 Å². The van der Waals surface area contributed by atoms with E-state index < -0.39 is 0 Å². The molecule has 2 aromatic heterocycles. The van der Waals surface area contributed by atoms with Crippen molar-refractivity contribution in [1.82, 2.24) is 14.8 Å². The summed E-state index contributed by atoms with van der Waals surface area (Å²) in [6, 6.07) is 9.25. The summed E-state index contributed by atoms with van der Waals surface area (Å²) in [5, 5.41) is 7.55. The molecule has 2 heterocycles. The molecule has 0 aliphatic heterocycles. The maximum atomic E-state index is 12.8. The van der Waals surface area contributed by atoms with Crippen molar-refractivity contribution in [3.05, 3.63) is 65.3 Å². The van der Waals surface area contributed by atoms with Gasteiger partial charge in [0.05, 0.1) is 0 Å². The van der Waals surface area contributed by atoms with Crippen LogP contribution in [0.1, 0.15) is 53.8 Å². The van der Waals surface area contributed by atoms with Crippen molar-refractivity contribution in [3.63, 3.8) is 0 Å². The topological polar surface area (TPSA) is 70.2 Å². The molecule has 4 rings (SSSR count). The van der Waals surface area contributed by atoms with Crippen LogP contribution in [0.5, 0.6) is 5.75 Å². The van der Waals surface area contributed by atoms with Gasteiger partial charge in [0.1, 0.15) is 5.75 Å². The average Bonchev–Trinajstić information content (AvgIpc) is 3.40. The Hall–Kier alpha value is -3.15. The van der Waals surface area contributed by atoms with Crippen LogP contribution in [0.3, 0.4) is 0 Å². The molecule has 0 atom stereocenters. The van der Waals surface area contributed by atoms with Crippen molar-refractivity contribution in [1.29, 1.82) is 0 Å². The van der Waals surface area contributed by atoms with Crippen LogP contribution in [0.15, 0.2) is 52.8 Å². The van der Waals surface area contributed by atoms with Gasteiger partial charge in [-0.15, -0.1) is 10.2 Å². The van der Waals surface area contributed by atoms with E-state index in [1.807, 2.05) is 25.1 Å². The second-order valence-corrected chi connectivity index (χ2v) is 7.77. The minimum Gasteiger partial charge on any atom is -0.485 e. The Morgan fingerprint density at radius 3 is 2.73 bits per heavy atom. The van der Waals surface area contributed by atoms with Gasteiger partial charge in [-0.3, -0.25) is 4.79 Å². The van der Waals surface area contributed by atoms with E-state index in [0.717, 1.165) is 35.5 Å². The molecule has 0 bridgehead atoms. The van der Waals surface area contributed by atoms with Crippen LogP contribution in [0, 0.1) is 13.8 Å². The minimum absolute atomic E-state index is 0.00721. The first-order valence-corrected chi connectivity index (χ1v) is 10.5. The summed E-state index contributed by atoms with van der Waals surface area (Å²) >= 11 is 0. The zero-order chi connectivity index (χ0) is 20.9. The highest BCUT2D eigenvalue weighted by Crippen LogP contribution is 2.24. The van der Waals surface area contributed by atoms with Crippen molar-refractivity contribution in [2.24, 2.45) is 0 Å². The predicted octanol–water partition coefficient (Wildman–Crippen LogP) is 5.31. The summed E-state index contributed by atoms with van der Waals surface area (Å²) in [4.78, 5) is 12.8. The molecule has 1 aromatic carbocycles. The van der Waals surface area contributed by atoms with Gasteiger partial charge >= 0.3 is 0 Å². The molecule has 0 radical (unpaired) electrons. The van der Waals surface area contributed by atoms with E-state index in [0.29, 0.717) is 11.6 Å². The average molecular weight is 405 g/mol. The van der Waals surface area contributed by atoms with E-state index in [9.17, 15) is 4.79 Å². The first kappa shape index (κ1) is 20.1. The predicted molar refractivity (Wildman–Crippen MR) is 115 cm³/mol. The van der Waals surface area contributed by atoms with Gasteiger partial charge in [0.15, 0.2) is 6.61 Å². The Labute approximate surface area is 176 Å². The number of nitrogens with zero attached hydrogens (tertiary/aromatic N) is 3. The summed E-state index contributed by atoms with van der Waals surface area (Å²) in [6.45, 7) is 5.02. The monoisotopic (exact) mass is 405 g/mol. The fourth-order valence-corrected chi connectivity index (χ4v) is 4.03. The lowest BCUT2D eigenvalue weighted by Crippen LogP contribution is -2.13. The van der Waals surface area contributed by atoms with Gasteiger partial charge in [-0.2, -0.15) is 0 Å². The van der Waals surface area contributed by atoms with Crippen molar-refractivity contribution >= 4 is 5.78 Å². The highest BCUT2D eigenvalue weighted by molar-refractivity contribution is 5.98. The van der Waals surface area contributed by atoms with Crippen LogP contribution in [0.25, 0.3) is 11.5 Å². The van der Waals surface area contributed by atoms with E-state index in [1.54, 1.807) is 17.7 Å². The standard InChI is InChI=1S/C24H27N3O3/c1-17-14-22(18(2)27(17)13-12-19-6-4-3-5-7-19)23(28)15-29-21-10-8-20(9-11-21)24-26-25-16-30-24/h6,8-11,14,16H,3-5,7,12-13,15H2,1-2H3. The molecule has 0 N–H and O–H groups in total. The summed E-state index contributed by atoms with van der Waals surface area (Å²) in [7, 11) is 0. The number of aromatic nitrogens is 3. The number of ether oxygens (including phenoxy) is 1. The second kappa shape index (κ2) is 9.11. The molecule has 0 spiro atoms. The van der Waals surface area contributed by atoms with Crippen LogP contribution >= 0.6 is 0 Å². The zero-order valence-corrected chi connectivity index (χ0v) is 17.6. The molecule has 0 saturated heterocycles. The largest absolute Gasteiger partial charge is 0.485 e. The third kappa shape index (κ3) is 4.53. The molecule has 3 aromatic rings. The van der Waals surface area contributed by atoms with Gasteiger partial charge in [-0.05, 0) is 76.3 Å². The molecule has 1 aliphatic carbocycles. The highest BCUT2D eigenvalue weighted by atomic mass is 16.5. The van der Waals surface area contributed by atoms with E-state index >= 15 is 0 Å². The van der Waals surface area contributed by atoms with E-state index in [1.165, 1.54) is 32.1 Å². The number of hydrogen-bond acceptors (Lipinski definition) is 5. The quantitative estimate of drug-likeness (QED) is 0.375. The molecule has 0 fully saturated rings. The maximum absolute atomic E-state index is 12.8. The molecule has 30 heavy (non-hydrogen) atoms. The number of aryl methyl sites for hydroxylation is 1. The summed E-state index contributed by atoms with van der Waals surface area (Å²) in [6.07, 6.45) is 9.77. The third-order valence-electron chi connectivity index (χ3n) is 5.75. The molecule has 6 nitrogen and oxygen atoms in total. The smallest absolute Gasteiger partial charge is 0.247 e. The number of ketones is 1. The fraction of sp³-hybridized carbons (Fsp3) is 0.375. The number of benzene rings is 1.